The van der Waals surface area contributed by atoms with Crippen LogP contribution in [0.3, 0.4) is 0 Å². The van der Waals surface area contributed by atoms with E-state index in [-0.39, 0.29) is 29.3 Å². The van der Waals surface area contributed by atoms with Gasteiger partial charge in [0, 0.05) is 19.0 Å². The fourth-order valence-corrected chi connectivity index (χ4v) is 4.69. The van der Waals surface area contributed by atoms with Gasteiger partial charge in [0.05, 0.1) is 5.54 Å². The van der Waals surface area contributed by atoms with Gasteiger partial charge in [0.2, 0.25) is 5.91 Å². The van der Waals surface area contributed by atoms with Crippen molar-refractivity contribution in [2.75, 3.05) is 19.7 Å². The second-order valence-corrected chi connectivity index (χ2v) is 8.07. The predicted octanol–water partition coefficient (Wildman–Crippen LogP) is 3.04. The number of amides is 2. The summed E-state index contributed by atoms with van der Waals surface area (Å²) in [5, 5.41) is 2.84. The van der Waals surface area contributed by atoms with Crippen LogP contribution in [0.15, 0.2) is 12.1 Å². The van der Waals surface area contributed by atoms with Crippen molar-refractivity contribution < 1.29 is 18.7 Å². The highest BCUT2D eigenvalue weighted by molar-refractivity contribution is 5.81. The summed E-state index contributed by atoms with van der Waals surface area (Å²) in [6.07, 6.45) is 2.80. The van der Waals surface area contributed by atoms with Crippen LogP contribution in [-0.4, -0.2) is 42.1 Å². The number of carbonyl (C=O) groups excluding carboxylic acids is 2. The minimum absolute atomic E-state index is 0.0108. The van der Waals surface area contributed by atoms with Crippen LogP contribution in [0.25, 0.3) is 0 Å². The summed E-state index contributed by atoms with van der Waals surface area (Å²) in [6, 6.07) is 3.46. The third-order valence-electron chi connectivity index (χ3n) is 6.48. The summed E-state index contributed by atoms with van der Waals surface area (Å²) < 4.78 is 18.7. The molecular formula is C20H25FN2O3. The summed E-state index contributed by atoms with van der Waals surface area (Å²) in [7, 11) is 0. The molecule has 1 aromatic rings. The molecule has 1 aromatic carbocycles. The molecular weight excluding hydrogens is 335 g/mol. The Morgan fingerprint density at radius 3 is 2.54 bits per heavy atom. The van der Waals surface area contributed by atoms with Gasteiger partial charge < -0.3 is 15.0 Å². The van der Waals surface area contributed by atoms with E-state index in [0.29, 0.717) is 25.4 Å². The molecule has 0 radical (unpaired) electrons. The standard InChI is InChI=1S/C20H25FN2O3/c1-12-13(2)17(21)4-3-16(12)14-5-7-23(8-6-14)18(24)15-9-20(10-15)11-26-19(25)22-20/h3-4,14-15H,5-11H2,1-2H3,(H,22,25)/t15-,20+. The number of hydrogen-bond acceptors (Lipinski definition) is 3. The average molecular weight is 360 g/mol. The predicted molar refractivity (Wildman–Crippen MR) is 94.4 cm³/mol. The molecule has 26 heavy (non-hydrogen) atoms. The van der Waals surface area contributed by atoms with E-state index in [1.54, 1.807) is 6.07 Å². The SMILES string of the molecule is Cc1c(F)ccc(C2CCN(C(=O)[C@H]3C[C@]4(COC(=O)N4)C3)CC2)c1C. The fraction of sp³-hybridized carbons (Fsp3) is 0.600. The van der Waals surface area contributed by atoms with Crippen LogP contribution in [-0.2, 0) is 9.53 Å². The van der Waals surface area contributed by atoms with E-state index in [4.69, 9.17) is 4.74 Å². The molecule has 140 valence electrons. The normalized spacial score (nSPS) is 28.7. The summed E-state index contributed by atoms with van der Waals surface area (Å²) in [5.74, 6) is 0.417. The van der Waals surface area contributed by atoms with Crippen molar-refractivity contribution >= 4 is 12.0 Å². The largest absolute Gasteiger partial charge is 0.447 e. The highest BCUT2D eigenvalue weighted by Crippen LogP contribution is 2.42. The minimum atomic E-state index is -0.373. The summed E-state index contributed by atoms with van der Waals surface area (Å²) >= 11 is 0. The van der Waals surface area contributed by atoms with E-state index in [2.05, 4.69) is 5.32 Å². The van der Waals surface area contributed by atoms with Gasteiger partial charge in [-0.15, -0.1) is 0 Å². The van der Waals surface area contributed by atoms with Crippen molar-refractivity contribution in [1.29, 1.82) is 0 Å². The molecule has 4 rings (SSSR count). The zero-order chi connectivity index (χ0) is 18.5. The maximum atomic E-state index is 13.7. The maximum absolute atomic E-state index is 13.7. The number of cyclic esters (lactones) is 1. The van der Waals surface area contributed by atoms with Crippen LogP contribution in [0.2, 0.25) is 0 Å². The number of halogens is 1. The van der Waals surface area contributed by atoms with Crippen molar-refractivity contribution in [3.63, 3.8) is 0 Å². The van der Waals surface area contributed by atoms with Crippen LogP contribution >= 0.6 is 0 Å². The Morgan fingerprint density at radius 1 is 1.23 bits per heavy atom. The molecule has 0 unspecified atom stereocenters. The summed E-state index contributed by atoms with van der Waals surface area (Å²) in [4.78, 5) is 25.9. The lowest BCUT2D eigenvalue weighted by atomic mass is 9.68. The molecule has 3 aliphatic rings. The lowest BCUT2D eigenvalue weighted by Gasteiger charge is -2.45. The molecule has 2 heterocycles. The molecule has 5 nitrogen and oxygen atoms in total. The van der Waals surface area contributed by atoms with Crippen molar-refractivity contribution in [2.24, 2.45) is 5.92 Å². The zero-order valence-electron chi connectivity index (χ0n) is 15.3. The van der Waals surface area contributed by atoms with Gasteiger partial charge in [-0.05, 0) is 68.2 Å². The Labute approximate surface area is 152 Å². The van der Waals surface area contributed by atoms with Crippen LogP contribution in [0, 0.1) is 25.6 Å². The van der Waals surface area contributed by atoms with Gasteiger partial charge in [-0.25, -0.2) is 9.18 Å². The number of ether oxygens (including phenoxy) is 1. The highest BCUT2D eigenvalue weighted by Gasteiger charge is 2.53. The van der Waals surface area contributed by atoms with Crippen molar-refractivity contribution in [3.8, 4) is 0 Å². The zero-order valence-corrected chi connectivity index (χ0v) is 15.3. The third kappa shape index (κ3) is 2.85. The van der Waals surface area contributed by atoms with E-state index < -0.39 is 0 Å². The Kier molecular flexibility index (Phi) is 4.16. The quantitative estimate of drug-likeness (QED) is 0.882. The molecule has 1 saturated carbocycles. The number of rotatable bonds is 2. The van der Waals surface area contributed by atoms with Crippen LogP contribution in [0.5, 0.6) is 0 Å². The van der Waals surface area contributed by atoms with Gasteiger partial charge in [-0.1, -0.05) is 6.07 Å². The highest BCUT2D eigenvalue weighted by atomic mass is 19.1. The van der Waals surface area contributed by atoms with Crippen LogP contribution in [0.4, 0.5) is 9.18 Å². The molecule has 1 spiro atoms. The number of alkyl carbamates (subject to hydrolysis) is 1. The number of piperidine rings is 1. The maximum Gasteiger partial charge on any atom is 0.407 e. The molecule has 0 atom stereocenters. The molecule has 6 heteroatoms. The third-order valence-corrected chi connectivity index (χ3v) is 6.48. The van der Waals surface area contributed by atoms with E-state index in [1.165, 1.54) is 5.56 Å². The summed E-state index contributed by atoms with van der Waals surface area (Å²) in [6.45, 7) is 5.67. The molecule has 1 aliphatic carbocycles. The number of nitrogens with zero attached hydrogens (tertiary/aromatic N) is 1. The van der Waals surface area contributed by atoms with Gasteiger partial charge in [-0.2, -0.15) is 0 Å². The number of carbonyl (C=O) groups is 2. The number of likely N-dealkylation sites (tertiary alicyclic amines) is 1. The van der Waals surface area contributed by atoms with E-state index >= 15 is 0 Å². The molecule has 1 N–H and O–H groups in total. The second-order valence-electron chi connectivity index (χ2n) is 8.07. The van der Waals surface area contributed by atoms with Gasteiger partial charge in [0.1, 0.15) is 12.4 Å². The first-order chi connectivity index (χ1) is 12.4. The van der Waals surface area contributed by atoms with Crippen LogP contribution in [0.1, 0.15) is 48.3 Å². The van der Waals surface area contributed by atoms with Crippen molar-refractivity contribution in [2.45, 2.75) is 51.0 Å². The Morgan fingerprint density at radius 2 is 1.92 bits per heavy atom. The van der Waals surface area contributed by atoms with Crippen LogP contribution < -0.4 is 5.32 Å². The van der Waals surface area contributed by atoms with Gasteiger partial charge in [0.25, 0.3) is 0 Å². The Bertz CT molecular complexity index is 750. The number of nitrogens with one attached hydrogen (secondary N) is 1. The number of hydrogen-bond donors (Lipinski definition) is 1. The van der Waals surface area contributed by atoms with E-state index in [9.17, 15) is 14.0 Å². The monoisotopic (exact) mass is 360 g/mol. The molecule has 2 amide bonds. The molecule has 3 fully saturated rings. The molecule has 2 aliphatic heterocycles. The average Bonchev–Trinajstić information content (AvgIpc) is 3.00. The fourth-order valence-electron chi connectivity index (χ4n) is 4.69. The van der Waals surface area contributed by atoms with Gasteiger partial charge >= 0.3 is 6.09 Å². The smallest absolute Gasteiger partial charge is 0.407 e. The Balaban J connectivity index is 1.34. The van der Waals surface area contributed by atoms with Gasteiger partial charge in [-0.3, -0.25) is 4.79 Å². The van der Waals surface area contributed by atoms with Crippen molar-refractivity contribution in [3.05, 3.63) is 34.6 Å². The topological polar surface area (TPSA) is 58.6 Å². The van der Waals surface area contributed by atoms with E-state index in [1.807, 2.05) is 24.8 Å². The summed E-state index contributed by atoms with van der Waals surface area (Å²) in [5.41, 5.74) is 2.66. The second kappa shape index (κ2) is 6.25. The first-order valence-corrected chi connectivity index (χ1v) is 9.38. The minimum Gasteiger partial charge on any atom is -0.447 e. The molecule has 2 saturated heterocycles. The van der Waals surface area contributed by atoms with Crippen molar-refractivity contribution in [1.82, 2.24) is 10.2 Å². The lowest BCUT2D eigenvalue weighted by Crippen LogP contribution is -2.58. The first kappa shape index (κ1) is 17.3. The van der Waals surface area contributed by atoms with Gasteiger partial charge in [0.15, 0.2) is 0 Å². The Hall–Kier alpha value is -2.11. The molecule has 0 bridgehead atoms. The lowest BCUT2D eigenvalue weighted by molar-refractivity contribution is -0.142. The number of benzene rings is 1. The van der Waals surface area contributed by atoms with E-state index in [0.717, 1.165) is 37.1 Å². The molecule has 0 aromatic heterocycles. The first-order valence-electron chi connectivity index (χ1n) is 9.38.